The molecule has 0 unspecified atom stereocenters. The maximum Gasteiger partial charge on any atom is 0.165 e. The molecule has 0 amide bonds. The minimum Gasteiger partial charge on any atom is -0.489 e. The Morgan fingerprint density at radius 2 is 2.00 bits per heavy atom. The summed E-state index contributed by atoms with van der Waals surface area (Å²) in [5.74, 6) is 1.41. The van der Waals surface area contributed by atoms with Crippen LogP contribution in [0.4, 0.5) is 21.8 Å². The molecule has 0 aliphatic carbocycles. The summed E-state index contributed by atoms with van der Waals surface area (Å²) in [7, 11) is 0. The van der Waals surface area contributed by atoms with Crippen molar-refractivity contribution in [1.29, 1.82) is 5.26 Å². The Hall–Kier alpha value is -3.31. The average Bonchev–Trinajstić information content (AvgIpc) is 3.04. The standard InChI is InChI=1S/C19H19FN6O.ClH/c1-12-9-17(23-18-10-13(2)25-26-18)24-19(14(12)11-21)22-7-8-27-16-6-4-3-5-15(16)20;/h3-6,9-10H,7-8H2,1-2H3,(H3,22,23,24,25,26);1H. The molecular formula is C19H20ClFN6O. The topological polar surface area (TPSA) is 98.7 Å². The molecule has 146 valence electrons. The van der Waals surface area contributed by atoms with E-state index in [1.165, 1.54) is 6.07 Å². The van der Waals surface area contributed by atoms with Gasteiger partial charge in [-0.15, -0.1) is 12.4 Å². The number of benzene rings is 1. The van der Waals surface area contributed by atoms with Gasteiger partial charge in [0.1, 0.15) is 24.3 Å². The first kappa shape index (κ1) is 21.0. The van der Waals surface area contributed by atoms with Crippen LogP contribution in [0.15, 0.2) is 36.4 Å². The van der Waals surface area contributed by atoms with Crippen LogP contribution in [0, 0.1) is 31.0 Å². The number of ether oxygens (including phenoxy) is 1. The number of aryl methyl sites for hydroxylation is 2. The number of nitrogens with one attached hydrogen (secondary N) is 3. The van der Waals surface area contributed by atoms with Gasteiger partial charge in [-0.25, -0.2) is 9.37 Å². The molecule has 0 spiro atoms. The second-order valence-electron chi connectivity index (χ2n) is 5.93. The highest BCUT2D eigenvalue weighted by molar-refractivity contribution is 5.85. The zero-order valence-corrected chi connectivity index (χ0v) is 16.2. The zero-order valence-electron chi connectivity index (χ0n) is 15.4. The largest absolute Gasteiger partial charge is 0.489 e. The van der Waals surface area contributed by atoms with Crippen LogP contribution in [0.3, 0.4) is 0 Å². The van der Waals surface area contributed by atoms with Crippen LogP contribution in [-0.4, -0.2) is 28.3 Å². The normalized spacial score (nSPS) is 9.93. The zero-order chi connectivity index (χ0) is 19.2. The highest BCUT2D eigenvalue weighted by Crippen LogP contribution is 2.23. The maximum atomic E-state index is 13.6. The smallest absolute Gasteiger partial charge is 0.165 e. The van der Waals surface area contributed by atoms with Crippen LogP contribution in [-0.2, 0) is 0 Å². The van der Waals surface area contributed by atoms with E-state index in [0.717, 1.165) is 11.3 Å². The molecule has 9 heteroatoms. The molecule has 0 aliphatic rings. The SMILES string of the molecule is Cc1cc(Nc2cc(C)c(C#N)c(NCCOc3ccccc3F)n2)n[nH]1.Cl. The van der Waals surface area contributed by atoms with E-state index in [4.69, 9.17) is 4.74 Å². The molecule has 2 heterocycles. The molecule has 2 aromatic heterocycles. The minimum absolute atomic E-state index is 0. The van der Waals surface area contributed by atoms with Gasteiger partial charge < -0.3 is 15.4 Å². The molecule has 0 bridgehead atoms. The number of H-pyrrole nitrogens is 1. The third kappa shape index (κ3) is 5.11. The lowest BCUT2D eigenvalue weighted by atomic mass is 10.1. The van der Waals surface area contributed by atoms with E-state index >= 15 is 0 Å². The Morgan fingerprint density at radius 3 is 2.68 bits per heavy atom. The molecular weight excluding hydrogens is 383 g/mol. The fourth-order valence-corrected chi connectivity index (χ4v) is 2.51. The Balaban J connectivity index is 0.00000280. The van der Waals surface area contributed by atoms with Gasteiger partial charge in [-0.3, -0.25) is 5.10 Å². The first-order valence-corrected chi connectivity index (χ1v) is 8.39. The number of pyridine rings is 1. The number of nitriles is 1. The van der Waals surface area contributed by atoms with Crippen molar-refractivity contribution in [3.63, 3.8) is 0 Å². The number of aromatic nitrogens is 3. The molecule has 0 aliphatic heterocycles. The van der Waals surface area contributed by atoms with Gasteiger partial charge in [0.05, 0.1) is 12.1 Å². The van der Waals surface area contributed by atoms with Crippen LogP contribution in [0.2, 0.25) is 0 Å². The summed E-state index contributed by atoms with van der Waals surface area (Å²) < 4.78 is 19.0. The molecule has 0 radical (unpaired) electrons. The third-order valence-electron chi connectivity index (χ3n) is 3.78. The number of hydrogen-bond acceptors (Lipinski definition) is 6. The van der Waals surface area contributed by atoms with Crippen LogP contribution < -0.4 is 15.4 Å². The summed E-state index contributed by atoms with van der Waals surface area (Å²) in [5, 5.41) is 22.5. The van der Waals surface area contributed by atoms with E-state index in [-0.39, 0.29) is 24.8 Å². The molecule has 7 nitrogen and oxygen atoms in total. The van der Waals surface area contributed by atoms with Crippen LogP contribution in [0.25, 0.3) is 0 Å². The summed E-state index contributed by atoms with van der Waals surface area (Å²) in [6, 6.07) is 12.0. The van der Waals surface area contributed by atoms with Crippen molar-refractivity contribution < 1.29 is 9.13 Å². The number of nitrogens with zero attached hydrogens (tertiary/aromatic N) is 3. The lowest BCUT2D eigenvalue weighted by Crippen LogP contribution is -2.14. The first-order chi connectivity index (χ1) is 13.1. The van der Waals surface area contributed by atoms with Crippen molar-refractivity contribution in [2.75, 3.05) is 23.8 Å². The summed E-state index contributed by atoms with van der Waals surface area (Å²) in [4.78, 5) is 4.44. The van der Waals surface area contributed by atoms with E-state index in [1.807, 2.05) is 19.9 Å². The van der Waals surface area contributed by atoms with Crippen molar-refractivity contribution in [2.45, 2.75) is 13.8 Å². The number of hydrogen-bond donors (Lipinski definition) is 3. The lowest BCUT2D eigenvalue weighted by Gasteiger charge is -2.13. The number of halogens is 2. The molecule has 0 atom stereocenters. The monoisotopic (exact) mass is 402 g/mol. The molecule has 0 fully saturated rings. The Morgan fingerprint density at radius 1 is 1.21 bits per heavy atom. The van der Waals surface area contributed by atoms with E-state index in [9.17, 15) is 9.65 Å². The Labute approximate surface area is 168 Å². The van der Waals surface area contributed by atoms with Crippen molar-refractivity contribution >= 4 is 29.9 Å². The second-order valence-corrected chi connectivity index (χ2v) is 5.93. The minimum atomic E-state index is -0.412. The Kier molecular flexibility index (Phi) is 7.18. The van der Waals surface area contributed by atoms with Crippen molar-refractivity contribution in [3.8, 4) is 11.8 Å². The van der Waals surface area contributed by atoms with Crippen LogP contribution in [0.5, 0.6) is 5.75 Å². The molecule has 3 N–H and O–H groups in total. The van der Waals surface area contributed by atoms with Crippen molar-refractivity contribution in [2.24, 2.45) is 0 Å². The summed E-state index contributed by atoms with van der Waals surface area (Å²) >= 11 is 0. The molecule has 3 aromatic rings. The Bertz CT molecular complexity index is 985. The van der Waals surface area contributed by atoms with E-state index < -0.39 is 5.82 Å². The van der Waals surface area contributed by atoms with E-state index in [2.05, 4.69) is 31.9 Å². The van der Waals surface area contributed by atoms with Gasteiger partial charge in [-0.2, -0.15) is 10.4 Å². The third-order valence-corrected chi connectivity index (χ3v) is 3.78. The number of para-hydroxylation sites is 1. The van der Waals surface area contributed by atoms with Crippen molar-refractivity contribution in [3.05, 3.63) is 59.0 Å². The second kappa shape index (κ2) is 9.58. The lowest BCUT2D eigenvalue weighted by molar-refractivity contribution is 0.315. The fraction of sp³-hybridized carbons (Fsp3) is 0.211. The van der Waals surface area contributed by atoms with Gasteiger partial charge in [0.15, 0.2) is 17.4 Å². The van der Waals surface area contributed by atoms with E-state index in [0.29, 0.717) is 29.6 Å². The van der Waals surface area contributed by atoms with Gasteiger partial charge in [0.2, 0.25) is 0 Å². The molecule has 0 saturated carbocycles. The number of aromatic amines is 1. The number of anilines is 3. The quantitative estimate of drug-likeness (QED) is 0.515. The predicted molar refractivity (Wildman–Crippen MR) is 108 cm³/mol. The molecule has 28 heavy (non-hydrogen) atoms. The molecule has 3 rings (SSSR count). The predicted octanol–water partition coefficient (Wildman–Crippen LogP) is 4.09. The summed E-state index contributed by atoms with van der Waals surface area (Å²) in [5.41, 5.74) is 2.15. The van der Waals surface area contributed by atoms with Gasteiger partial charge >= 0.3 is 0 Å². The molecule has 1 aromatic carbocycles. The van der Waals surface area contributed by atoms with Gasteiger partial charge in [0, 0.05) is 11.8 Å². The maximum absolute atomic E-state index is 13.6. The molecule has 0 saturated heterocycles. The van der Waals surface area contributed by atoms with Crippen LogP contribution >= 0.6 is 12.4 Å². The first-order valence-electron chi connectivity index (χ1n) is 8.39. The number of rotatable bonds is 7. The van der Waals surface area contributed by atoms with Gasteiger partial charge in [-0.1, -0.05) is 12.1 Å². The van der Waals surface area contributed by atoms with Crippen molar-refractivity contribution in [1.82, 2.24) is 15.2 Å². The summed E-state index contributed by atoms with van der Waals surface area (Å²) in [6.07, 6.45) is 0. The van der Waals surface area contributed by atoms with Gasteiger partial charge in [-0.05, 0) is 37.6 Å². The summed E-state index contributed by atoms with van der Waals surface area (Å²) in [6.45, 7) is 4.32. The van der Waals surface area contributed by atoms with Gasteiger partial charge in [0.25, 0.3) is 0 Å². The fourth-order valence-electron chi connectivity index (χ4n) is 2.51. The average molecular weight is 403 g/mol. The van der Waals surface area contributed by atoms with E-state index in [1.54, 1.807) is 24.3 Å². The highest BCUT2D eigenvalue weighted by Gasteiger charge is 2.11. The van der Waals surface area contributed by atoms with Crippen LogP contribution in [0.1, 0.15) is 16.8 Å². The highest BCUT2D eigenvalue weighted by atomic mass is 35.5.